The predicted molar refractivity (Wildman–Crippen MR) is 64.4 cm³/mol. The average molecular weight is 234 g/mol. The van der Waals surface area contributed by atoms with Gasteiger partial charge in [0.2, 0.25) is 5.89 Å². The van der Waals surface area contributed by atoms with E-state index in [2.05, 4.69) is 26.8 Å². The smallest absolute Gasteiger partial charge is 0.208 e. The van der Waals surface area contributed by atoms with Gasteiger partial charge < -0.3 is 14.3 Å². The van der Waals surface area contributed by atoms with Crippen molar-refractivity contribution in [2.75, 3.05) is 0 Å². The Labute approximate surface area is 101 Å². The zero-order valence-electron chi connectivity index (χ0n) is 10.5. The van der Waals surface area contributed by atoms with Gasteiger partial charge in [-0.15, -0.1) is 0 Å². The molecule has 0 aromatic carbocycles. The fraction of sp³-hybridized carbons (Fsp3) is 0.500. The van der Waals surface area contributed by atoms with Crippen molar-refractivity contribution in [1.82, 2.24) is 19.9 Å². The lowest BCUT2D eigenvalue weighted by molar-refractivity contribution is 0.445. The van der Waals surface area contributed by atoms with E-state index in [9.17, 15) is 0 Å². The Hall–Kier alpha value is -1.62. The van der Waals surface area contributed by atoms with Gasteiger partial charge in [0.1, 0.15) is 11.6 Å². The number of aryl methyl sites for hydroxylation is 3. The molecule has 0 aliphatic rings. The Balaban J connectivity index is 1.87. The summed E-state index contributed by atoms with van der Waals surface area (Å²) in [5.74, 6) is 2.65. The third kappa shape index (κ3) is 2.74. The van der Waals surface area contributed by atoms with Gasteiger partial charge in [-0.2, -0.15) is 0 Å². The van der Waals surface area contributed by atoms with Crippen molar-refractivity contribution in [3.63, 3.8) is 0 Å². The van der Waals surface area contributed by atoms with Crippen molar-refractivity contribution in [3.8, 4) is 0 Å². The van der Waals surface area contributed by atoms with Crippen LogP contribution < -0.4 is 5.32 Å². The molecule has 2 heterocycles. The first-order chi connectivity index (χ1) is 8.20. The molecule has 0 bridgehead atoms. The second kappa shape index (κ2) is 5.14. The van der Waals surface area contributed by atoms with Crippen molar-refractivity contribution >= 4 is 0 Å². The van der Waals surface area contributed by atoms with E-state index < -0.39 is 0 Å². The van der Waals surface area contributed by atoms with Crippen LogP contribution in [0.2, 0.25) is 0 Å². The molecule has 0 aliphatic heterocycles. The van der Waals surface area contributed by atoms with Gasteiger partial charge in [-0.05, 0) is 20.8 Å². The molecule has 0 radical (unpaired) electrons. The second-order valence-electron chi connectivity index (χ2n) is 3.98. The average Bonchev–Trinajstić information content (AvgIpc) is 2.87. The maximum atomic E-state index is 5.49. The topological polar surface area (TPSA) is 55.9 Å². The third-order valence-corrected chi connectivity index (χ3v) is 2.77. The molecule has 17 heavy (non-hydrogen) atoms. The zero-order chi connectivity index (χ0) is 12.3. The van der Waals surface area contributed by atoms with Gasteiger partial charge in [-0.3, -0.25) is 0 Å². The number of nitrogens with one attached hydrogen (secondary N) is 1. The van der Waals surface area contributed by atoms with E-state index in [4.69, 9.17) is 4.42 Å². The maximum absolute atomic E-state index is 5.49. The lowest BCUT2D eigenvalue weighted by atomic mass is 10.4. The van der Waals surface area contributed by atoms with Crippen LogP contribution in [0.4, 0.5) is 0 Å². The first kappa shape index (κ1) is 11.9. The molecular formula is C12H18N4O. The summed E-state index contributed by atoms with van der Waals surface area (Å²) in [6.45, 7) is 8.27. The fourth-order valence-electron chi connectivity index (χ4n) is 1.69. The van der Waals surface area contributed by atoms with Gasteiger partial charge in [0.25, 0.3) is 0 Å². The van der Waals surface area contributed by atoms with Crippen LogP contribution >= 0.6 is 0 Å². The van der Waals surface area contributed by atoms with Crippen LogP contribution in [0.3, 0.4) is 0 Å². The minimum absolute atomic E-state index is 0.630. The van der Waals surface area contributed by atoms with E-state index in [-0.39, 0.29) is 0 Å². The number of hydrogen-bond donors (Lipinski definition) is 1. The minimum Gasteiger partial charge on any atom is -0.444 e. The van der Waals surface area contributed by atoms with E-state index in [1.807, 2.05) is 26.2 Å². The van der Waals surface area contributed by atoms with Crippen LogP contribution in [0.15, 0.2) is 16.8 Å². The summed E-state index contributed by atoms with van der Waals surface area (Å²) in [5.41, 5.74) is 0.955. The maximum Gasteiger partial charge on any atom is 0.208 e. The molecule has 0 saturated heterocycles. The molecule has 0 aliphatic carbocycles. The first-order valence-corrected chi connectivity index (χ1v) is 5.84. The van der Waals surface area contributed by atoms with Crippen molar-refractivity contribution in [2.24, 2.45) is 0 Å². The number of rotatable bonds is 5. The van der Waals surface area contributed by atoms with Crippen LogP contribution in [0.5, 0.6) is 0 Å². The SMILES string of the molecule is CCn1ccnc1CNCc1nc(C)c(C)o1. The Morgan fingerprint density at radius 1 is 1.35 bits per heavy atom. The highest BCUT2D eigenvalue weighted by molar-refractivity contribution is 5.05. The van der Waals surface area contributed by atoms with Crippen LogP contribution in [-0.2, 0) is 19.6 Å². The van der Waals surface area contributed by atoms with Crippen LogP contribution in [0.1, 0.15) is 30.1 Å². The molecule has 5 heteroatoms. The largest absolute Gasteiger partial charge is 0.444 e. The molecule has 0 saturated carbocycles. The standard InChI is InChI=1S/C12H18N4O/c1-4-16-6-5-14-11(16)7-13-8-12-15-9(2)10(3)17-12/h5-6,13H,4,7-8H2,1-3H3. The van der Waals surface area contributed by atoms with Crippen molar-refractivity contribution in [1.29, 1.82) is 0 Å². The number of aromatic nitrogens is 3. The van der Waals surface area contributed by atoms with Gasteiger partial charge in [-0.1, -0.05) is 0 Å². The highest BCUT2D eigenvalue weighted by Crippen LogP contribution is 2.07. The minimum atomic E-state index is 0.630. The predicted octanol–water partition coefficient (Wildman–Crippen LogP) is 1.80. The van der Waals surface area contributed by atoms with Gasteiger partial charge >= 0.3 is 0 Å². The summed E-state index contributed by atoms with van der Waals surface area (Å²) in [6, 6.07) is 0. The highest BCUT2D eigenvalue weighted by atomic mass is 16.4. The molecule has 2 aromatic rings. The van der Waals surface area contributed by atoms with Crippen LogP contribution in [0, 0.1) is 13.8 Å². The molecule has 0 spiro atoms. The molecule has 1 N–H and O–H groups in total. The van der Waals surface area contributed by atoms with E-state index in [1.54, 1.807) is 0 Å². The number of hydrogen-bond acceptors (Lipinski definition) is 4. The molecule has 0 unspecified atom stereocenters. The lowest BCUT2D eigenvalue weighted by Gasteiger charge is -2.04. The summed E-state index contributed by atoms with van der Waals surface area (Å²) < 4.78 is 7.60. The monoisotopic (exact) mass is 234 g/mol. The zero-order valence-corrected chi connectivity index (χ0v) is 10.5. The normalized spacial score (nSPS) is 11.0. The molecule has 0 fully saturated rings. The Bertz CT molecular complexity index is 467. The molecule has 92 valence electrons. The van der Waals surface area contributed by atoms with Gasteiger partial charge in [0, 0.05) is 18.9 Å². The van der Waals surface area contributed by atoms with Crippen molar-refractivity contribution < 1.29 is 4.42 Å². The Morgan fingerprint density at radius 2 is 2.18 bits per heavy atom. The summed E-state index contributed by atoms with van der Waals surface area (Å²) in [6.07, 6.45) is 3.80. The van der Waals surface area contributed by atoms with E-state index in [1.165, 1.54) is 0 Å². The van der Waals surface area contributed by atoms with E-state index in [0.717, 1.165) is 36.3 Å². The van der Waals surface area contributed by atoms with Gasteiger partial charge in [-0.25, -0.2) is 9.97 Å². The molecule has 2 aromatic heterocycles. The van der Waals surface area contributed by atoms with E-state index in [0.29, 0.717) is 6.54 Å². The van der Waals surface area contributed by atoms with Crippen molar-refractivity contribution in [2.45, 2.75) is 40.4 Å². The van der Waals surface area contributed by atoms with Crippen molar-refractivity contribution in [3.05, 3.63) is 35.6 Å². The van der Waals surface area contributed by atoms with Gasteiger partial charge in [0.15, 0.2) is 0 Å². The Morgan fingerprint density at radius 3 is 2.82 bits per heavy atom. The number of imidazole rings is 1. The second-order valence-corrected chi connectivity index (χ2v) is 3.98. The third-order valence-electron chi connectivity index (χ3n) is 2.77. The molecule has 2 rings (SSSR count). The quantitative estimate of drug-likeness (QED) is 0.857. The fourth-order valence-corrected chi connectivity index (χ4v) is 1.69. The Kier molecular flexibility index (Phi) is 3.58. The van der Waals surface area contributed by atoms with Gasteiger partial charge in [0.05, 0.1) is 18.8 Å². The van der Waals surface area contributed by atoms with Crippen LogP contribution in [0.25, 0.3) is 0 Å². The summed E-state index contributed by atoms with van der Waals surface area (Å²) in [5, 5.41) is 3.28. The number of oxazole rings is 1. The molecule has 5 nitrogen and oxygen atoms in total. The summed E-state index contributed by atoms with van der Waals surface area (Å²) in [7, 11) is 0. The number of nitrogens with zero attached hydrogens (tertiary/aromatic N) is 3. The first-order valence-electron chi connectivity index (χ1n) is 5.84. The summed E-state index contributed by atoms with van der Waals surface area (Å²) in [4.78, 5) is 8.61. The molecule has 0 amide bonds. The molecule has 0 atom stereocenters. The van der Waals surface area contributed by atoms with E-state index >= 15 is 0 Å². The highest BCUT2D eigenvalue weighted by Gasteiger charge is 2.05. The molecular weight excluding hydrogens is 216 g/mol. The summed E-state index contributed by atoms with van der Waals surface area (Å²) >= 11 is 0. The lowest BCUT2D eigenvalue weighted by Crippen LogP contribution is -2.16. The van der Waals surface area contributed by atoms with Crippen LogP contribution in [-0.4, -0.2) is 14.5 Å².